The number of ether oxygens (including phenoxy) is 1. The molecule has 1 N–H and O–H groups in total. The van der Waals surface area contributed by atoms with E-state index in [0.717, 1.165) is 22.0 Å². The molecule has 98 valence electrons. The maximum atomic E-state index is 6.27. The minimum Gasteiger partial charge on any atom is -0.462 e. The zero-order valence-electron chi connectivity index (χ0n) is 9.73. The average Bonchev–Trinajstić information content (AvgIpc) is 2.76. The number of halogens is 3. The first-order chi connectivity index (χ1) is 8.65. The number of hydrogen-bond donors (Lipinski definition) is 1. The number of hydrogen-bond acceptors (Lipinski definition) is 3. The lowest BCUT2D eigenvalue weighted by Crippen LogP contribution is -2.18. The molecule has 3 nitrogen and oxygen atoms in total. The molecule has 0 amide bonds. The van der Waals surface area contributed by atoms with E-state index in [-0.39, 0.29) is 0 Å². The van der Waals surface area contributed by atoms with Crippen LogP contribution in [0.15, 0.2) is 21.2 Å². The molecule has 0 bridgehead atoms. The maximum absolute atomic E-state index is 6.27. The van der Waals surface area contributed by atoms with Crippen molar-refractivity contribution < 1.29 is 9.15 Å². The summed E-state index contributed by atoms with van der Waals surface area (Å²) in [7, 11) is 1.67. The Labute approximate surface area is 124 Å². The van der Waals surface area contributed by atoms with Crippen molar-refractivity contribution in [2.75, 3.05) is 20.3 Å². The zero-order chi connectivity index (χ0) is 13.1. The first-order valence-corrected chi connectivity index (χ1v) is 6.93. The molecule has 0 spiro atoms. The lowest BCUT2D eigenvalue weighted by Gasteiger charge is -2.04. The molecule has 0 saturated carbocycles. The summed E-state index contributed by atoms with van der Waals surface area (Å²) in [6.45, 7) is 2.08. The van der Waals surface area contributed by atoms with Gasteiger partial charge in [-0.3, -0.25) is 0 Å². The summed E-state index contributed by atoms with van der Waals surface area (Å²) in [6, 6.07) is 1.73. The normalized spacial score (nSPS) is 11.3. The van der Waals surface area contributed by atoms with Crippen LogP contribution < -0.4 is 5.32 Å². The van der Waals surface area contributed by atoms with Crippen molar-refractivity contribution in [1.82, 2.24) is 5.32 Å². The molecule has 0 atom stereocenters. The van der Waals surface area contributed by atoms with E-state index >= 15 is 0 Å². The van der Waals surface area contributed by atoms with Gasteiger partial charge in [-0.05, 0) is 22.0 Å². The summed E-state index contributed by atoms with van der Waals surface area (Å²) in [5, 5.41) is 5.26. The van der Waals surface area contributed by atoms with Crippen LogP contribution in [-0.2, 0) is 11.3 Å². The van der Waals surface area contributed by atoms with Crippen molar-refractivity contribution in [3.8, 4) is 0 Å². The molecule has 2 rings (SSSR count). The summed E-state index contributed by atoms with van der Waals surface area (Å²) in [5.74, 6) is 0. The fraction of sp³-hybridized carbons (Fsp3) is 0.333. The Hall–Kier alpha value is -0.260. The molecule has 18 heavy (non-hydrogen) atoms. The topological polar surface area (TPSA) is 34.4 Å². The van der Waals surface area contributed by atoms with Crippen LogP contribution >= 0.6 is 39.1 Å². The lowest BCUT2D eigenvalue weighted by molar-refractivity contribution is 0.199. The second kappa shape index (κ2) is 6.26. The summed E-state index contributed by atoms with van der Waals surface area (Å²) in [4.78, 5) is 0. The third kappa shape index (κ3) is 2.83. The molecule has 0 aliphatic carbocycles. The van der Waals surface area contributed by atoms with E-state index in [2.05, 4.69) is 21.2 Å². The van der Waals surface area contributed by atoms with Crippen molar-refractivity contribution in [2.45, 2.75) is 6.54 Å². The largest absolute Gasteiger partial charge is 0.462 e. The van der Waals surface area contributed by atoms with E-state index in [1.54, 1.807) is 19.4 Å². The highest BCUT2D eigenvalue weighted by molar-refractivity contribution is 9.10. The molecule has 0 fully saturated rings. The smallest absolute Gasteiger partial charge is 0.154 e. The Balaban J connectivity index is 2.29. The summed E-state index contributed by atoms with van der Waals surface area (Å²) >= 11 is 15.8. The molecule has 1 heterocycles. The van der Waals surface area contributed by atoms with Crippen LogP contribution in [0.5, 0.6) is 0 Å². The fourth-order valence-electron chi connectivity index (χ4n) is 1.70. The van der Waals surface area contributed by atoms with Crippen LogP contribution in [0.25, 0.3) is 11.0 Å². The summed E-state index contributed by atoms with van der Waals surface area (Å²) < 4.78 is 11.2. The molecule has 0 radical (unpaired) electrons. The van der Waals surface area contributed by atoms with Gasteiger partial charge in [0.15, 0.2) is 5.58 Å². The van der Waals surface area contributed by atoms with Gasteiger partial charge in [-0.1, -0.05) is 23.2 Å². The van der Waals surface area contributed by atoms with E-state index < -0.39 is 0 Å². The zero-order valence-corrected chi connectivity index (χ0v) is 12.8. The van der Waals surface area contributed by atoms with Gasteiger partial charge in [0.2, 0.25) is 0 Å². The first kappa shape index (κ1) is 14.2. The average molecular weight is 353 g/mol. The Bertz CT molecular complexity index is 556. The fourth-order valence-corrected chi connectivity index (χ4v) is 2.77. The third-order valence-corrected chi connectivity index (χ3v) is 4.09. The maximum Gasteiger partial charge on any atom is 0.154 e. The monoisotopic (exact) mass is 351 g/mol. The Morgan fingerprint density at radius 1 is 1.44 bits per heavy atom. The van der Waals surface area contributed by atoms with Gasteiger partial charge in [0.05, 0.1) is 22.9 Å². The summed E-state index contributed by atoms with van der Waals surface area (Å²) in [6.07, 6.45) is 1.68. The number of furan rings is 1. The van der Waals surface area contributed by atoms with E-state index in [9.17, 15) is 0 Å². The van der Waals surface area contributed by atoms with Gasteiger partial charge < -0.3 is 14.5 Å². The molecule has 1 aromatic carbocycles. The number of nitrogens with one attached hydrogen (secondary N) is 1. The van der Waals surface area contributed by atoms with Crippen molar-refractivity contribution >= 4 is 50.1 Å². The third-order valence-electron chi connectivity index (χ3n) is 2.57. The number of benzene rings is 1. The van der Waals surface area contributed by atoms with Gasteiger partial charge in [0, 0.05) is 35.6 Å². The Morgan fingerprint density at radius 2 is 2.22 bits per heavy atom. The van der Waals surface area contributed by atoms with Crippen molar-refractivity contribution in [3.05, 3.63) is 32.4 Å². The van der Waals surface area contributed by atoms with Crippen molar-refractivity contribution in [2.24, 2.45) is 0 Å². The molecule has 0 unspecified atom stereocenters. The van der Waals surface area contributed by atoms with Gasteiger partial charge in [0.25, 0.3) is 0 Å². The van der Waals surface area contributed by atoms with Crippen LogP contribution in [0, 0.1) is 0 Å². The molecule has 0 aliphatic heterocycles. The van der Waals surface area contributed by atoms with Crippen LogP contribution in [-0.4, -0.2) is 20.3 Å². The van der Waals surface area contributed by atoms with Crippen molar-refractivity contribution in [3.63, 3.8) is 0 Å². The highest BCUT2D eigenvalue weighted by atomic mass is 79.9. The van der Waals surface area contributed by atoms with E-state index in [1.807, 2.05) is 0 Å². The van der Waals surface area contributed by atoms with Gasteiger partial charge >= 0.3 is 0 Å². The van der Waals surface area contributed by atoms with Gasteiger partial charge in [0.1, 0.15) is 0 Å². The predicted molar refractivity (Wildman–Crippen MR) is 77.5 cm³/mol. The highest BCUT2D eigenvalue weighted by Gasteiger charge is 2.15. The summed E-state index contributed by atoms with van der Waals surface area (Å²) in [5.41, 5.74) is 1.60. The number of methoxy groups -OCH3 is 1. The molecule has 1 aromatic heterocycles. The van der Waals surface area contributed by atoms with Gasteiger partial charge in [-0.25, -0.2) is 0 Å². The van der Waals surface area contributed by atoms with Crippen molar-refractivity contribution in [1.29, 1.82) is 0 Å². The van der Waals surface area contributed by atoms with Crippen LogP contribution in [0.1, 0.15) is 5.56 Å². The minimum atomic E-state index is 0.546. The minimum absolute atomic E-state index is 0.546. The van der Waals surface area contributed by atoms with E-state index in [1.165, 1.54) is 0 Å². The van der Waals surface area contributed by atoms with Crippen LogP contribution in [0.3, 0.4) is 0 Å². The second-order valence-corrected chi connectivity index (χ2v) is 5.43. The molecule has 6 heteroatoms. The first-order valence-electron chi connectivity index (χ1n) is 5.38. The van der Waals surface area contributed by atoms with Crippen LogP contribution in [0.2, 0.25) is 10.0 Å². The number of fused-ring (bicyclic) bond motifs is 1. The standard InChI is InChI=1S/C12H12BrCl2NO2/c1-17-3-2-16-5-7-6-18-12-9(14)4-8(13)11(15)10(7)12/h4,6,16H,2-3,5H2,1H3. The Kier molecular flexibility index (Phi) is 4.92. The van der Waals surface area contributed by atoms with Gasteiger partial charge in [-0.15, -0.1) is 0 Å². The van der Waals surface area contributed by atoms with Gasteiger partial charge in [-0.2, -0.15) is 0 Å². The predicted octanol–water partition coefficient (Wildman–Crippen LogP) is 4.24. The molecule has 2 aromatic rings. The van der Waals surface area contributed by atoms with E-state index in [0.29, 0.717) is 28.8 Å². The SMILES string of the molecule is COCCNCc1coc2c(Cl)cc(Br)c(Cl)c12. The lowest BCUT2D eigenvalue weighted by atomic mass is 10.2. The molecular formula is C12H12BrCl2NO2. The quantitative estimate of drug-likeness (QED) is 0.645. The molecule has 0 aliphatic rings. The Morgan fingerprint density at radius 3 is 2.94 bits per heavy atom. The molecule has 0 saturated heterocycles. The number of rotatable bonds is 5. The van der Waals surface area contributed by atoms with Crippen LogP contribution in [0.4, 0.5) is 0 Å². The molecular weight excluding hydrogens is 341 g/mol. The van der Waals surface area contributed by atoms with E-state index in [4.69, 9.17) is 32.4 Å². The highest BCUT2D eigenvalue weighted by Crippen LogP contribution is 2.38. The second-order valence-electron chi connectivity index (χ2n) is 3.79.